The van der Waals surface area contributed by atoms with Gasteiger partial charge in [0.15, 0.2) is 0 Å². The van der Waals surface area contributed by atoms with Crippen molar-refractivity contribution in [2.75, 3.05) is 20.2 Å². The number of halogens is 1. The number of nitrogens with one attached hydrogen (secondary N) is 1. The lowest BCUT2D eigenvalue weighted by Gasteiger charge is -2.21. The van der Waals surface area contributed by atoms with E-state index in [2.05, 4.69) is 26.0 Å². The Bertz CT molecular complexity index is 633. The first-order valence-electron chi connectivity index (χ1n) is 7.38. The van der Waals surface area contributed by atoms with E-state index in [1.54, 1.807) is 17.0 Å². The minimum absolute atomic E-state index is 0.126. The number of hydrogen-bond donors (Lipinski definition) is 1. The minimum atomic E-state index is -0.504. The maximum Gasteiger partial charge on any atom is 0.337 e. The molecule has 1 aliphatic rings. The van der Waals surface area contributed by atoms with Gasteiger partial charge >= 0.3 is 5.97 Å². The summed E-state index contributed by atoms with van der Waals surface area (Å²) in [6, 6.07) is 4.54. The van der Waals surface area contributed by atoms with Gasteiger partial charge in [-0.3, -0.25) is 9.59 Å². The average molecular weight is 383 g/mol. The topological polar surface area (TPSA) is 75.7 Å². The summed E-state index contributed by atoms with van der Waals surface area (Å²) in [7, 11) is 1.29. The third kappa shape index (κ3) is 4.54. The highest BCUT2D eigenvalue weighted by molar-refractivity contribution is 9.10. The van der Waals surface area contributed by atoms with E-state index in [9.17, 15) is 14.4 Å². The van der Waals surface area contributed by atoms with E-state index in [4.69, 9.17) is 0 Å². The van der Waals surface area contributed by atoms with Crippen molar-refractivity contribution in [2.24, 2.45) is 0 Å². The number of carbonyl (C=O) groups is 3. The SMILES string of the molecule is COC(=O)c1cc(Br)cc(C(=O)N[C@H](C)CN2CCCC2=O)c1. The Morgan fingerprint density at radius 2 is 2.04 bits per heavy atom. The maximum absolute atomic E-state index is 12.3. The molecule has 23 heavy (non-hydrogen) atoms. The second-order valence-corrected chi connectivity index (χ2v) is 6.45. The van der Waals surface area contributed by atoms with E-state index in [1.165, 1.54) is 13.2 Å². The van der Waals surface area contributed by atoms with Gasteiger partial charge in [-0.05, 0) is 31.5 Å². The number of carbonyl (C=O) groups excluding carboxylic acids is 3. The molecular weight excluding hydrogens is 364 g/mol. The lowest BCUT2D eigenvalue weighted by molar-refractivity contribution is -0.127. The molecule has 0 radical (unpaired) electrons. The minimum Gasteiger partial charge on any atom is -0.465 e. The summed E-state index contributed by atoms with van der Waals surface area (Å²) in [4.78, 5) is 37.3. The number of esters is 1. The molecule has 1 N–H and O–H groups in total. The number of methoxy groups -OCH3 is 1. The molecule has 7 heteroatoms. The average Bonchev–Trinajstić information content (AvgIpc) is 2.90. The predicted molar refractivity (Wildman–Crippen MR) is 88.2 cm³/mol. The van der Waals surface area contributed by atoms with Gasteiger partial charge in [-0.15, -0.1) is 0 Å². The number of ether oxygens (including phenoxy) is 1. The smallest absolute Gasteiger partial charge is 0.337 e. The second kappa shape index (κ2) is 7.59. The molecule has 6 nitrogen and oxygen atoms in total. The Morgan fingerprint density at radius 3 is 2.65 bits per heavy atom. The van der Waals surface area contributed by atoms with E-state index in [-0.39, 0.29) is 17.9 Å². The van der Waals surface area contributed by atoms with Crippen LogP contribution in [0.4, 0.5) is 0 Å². The van der Waals surface area contributed by atoms with Crippen molar-refractivity contribution in [1.29, 1.82) is 0 Å². The molecule has 1 saturated heterocycles. The van der Waals surface area contributed by atoms with Crippen LogP contribution in [0.3, 0.4) is 0 Å². The monoisotopic (exact) mass is 382 g/mol. The summed E-state index contributed by atoms with van der Waals surface area (Å²) < 4.78 is 5.29. The summed E-state index contributed by atoms with van der Waals surface area (Å²) in [5.41, 5.74) is 0.661. The highest BCUT2D eigenvalue weighted by atomic mass is 79.9. The predicted octanol–water partition coefficient (Wildman–Crippen LogP) is 1.98. The molecule has 0 spiro atoms. The fourth-order valence-electron chi connectivity index (χ4n) is 2.54. The number of amides is 2. The lowest BCUT2D eigenvalue weighted by atomic mass is 10.1. The van der Waals surface area contributed by atoms with E-state index >= 15 is 0 Å². The van der Waals surface area contributed by atoms with Gasteiger partial charge in [0.2, 0.25) is 5.91 Å². The molecule has 2 rings (SSSR count). The van der Waals surface area contributed by atoms with Gasteiger partial charge in [-0.2, -0.15) is 0 Å². The second-order valence-electron chi connectivity index (χ2n) is 5.54. The fourth-order valence-corrected chi connectivity index (χ4v) is 3.03. The summed E-state index contributed by atoms with van der Waals surface area (Å²) in [6.07, 6.45) is 1.45. The zero-order chi connectivity index (χ0) is 17.0. The van der Waals surface area contributed by atoms with Crippen LogP contribution in [0.15, 0.2) is 22.7 Å². The van der Waals surface area contributed by atoms with Gasteiger partial charge < -0.3 is 15.0 Å². The molecule has 0 bridgehead atoms. The van der Waals surface area contributed by atoms with E-state index in [1.807, 2.05) is 6.92 Å². The van der Waals surface area contributed by atoms with Crippen molar-refractivity contribution in [2.45, 2.75) is 25.8 Å². The van der Waals surface area contributed by atoms with Crippen LogP contribution in [0.2, 0.25) is 0 Å². The molecule has 1 aromatic carbocycles. The number of benzene rings is 1. The van der Waals surface area contributed by atoms with Crippen molar-refractivity contribution < 1.29 is 19.1 Å². The van der Waals surface area contributed by atoms with Crippen LogP contribution in [0.5, 0.6) is 0 Å². The Kier molecular flexibility index (Phi) is 5.76. The Balaban J connectivity index is 2.03. The maximum atomic E-state index is 12.3. The third-order valence-electron chi connectivity index (χ3n) is 3.62. The highest BCUT2D eigenvalue weighted by Crippen LogP contribution is 2.17. The standard InChI is InChI=1S/C16H19BrN2O4/c1-10(9-19-5-3-4-14(19)20)18-15(21)11-6-12(16(22)23-2)8-13(17)7-11/h6-8,10H,3-5,9H2,1-2H3,(H,18,21)/t10-/m1/s1. The fraction of sp³-hybridized carbons (Fsp3) is 0.438. The first-order valence-corrected chi connectivity index (χ1v) is 8.17. The number of hydrogen-bond acceptors (Lipinski definition) is 4. The number of likely N-dealkylation sites (tertiary alicyclic amines) is 1. The molecule has 1 atom stereocenters. The van der Waals surface area contributed by atoms with Crippen LogP contribution >= 0.6 is 15.9 Å². The van der Waals surface area contributed by atoms with Crippen LogP contribution in [-0.2, 0) is 9.53 Å². The van der Waals surface area contributed by atoms with Crippen molar-refractivity contribution in [1.82, 2.24) is 10.2 Å². The molecule has 0 unspecified atom stereocenters. The molecule has 0 aromatic heterocycles. The van der Waals surface area contributed by atoms with Crippen LogP contribution in [0, 0.1) is 0 Å². The normalized spacial score (nSPS) is 15.4. The molecule has 0 saturated carbocycles. The van der Waals surface area contributed by atoms with Crippen LogP contribution < -0.4 is 5.32 Å². The van der Waals surface area contributed by atoms with Crippen molar-refractivity contribution in [3.05, 3.63) is 33.8 Å². The molecule has 1 heterocycles. The molecule has 2 amide bonds. The van der Waals surface area contributed by atoms with Crippen molar-refractivity contribution in [3.63, 3.8) is 0 Å². The zero-order valence-corrected chi connectivity index (χ0v) is 14.7. The highest BCUT2D eigenvalue weighted by Gasteiger charge is 2.23. The molecular formula is C16H19BrN2O4. The quantitative estimate of drug-likeness (QED) is 0.789. The Hall–Kier alpha value is -1.89. The Labute approximate surface area is 143 Å². The van der Waals surface area contributed by atoms with E-state index in [0.717, 1.165) is 13.0 Å². The third-order valence-corrected chi connectivity index (χ3v) is 4.08. The van der Waals surface area contributed by atoms with Gasteiger partial charge in [0.25, 0.3) is 5.91 Å². The molecule has 124 valence electrons. The molecule has 1 fully saturated rings. The van der Waals surface area contributed by atoms with Gasteiger partial charge in [0.1, 0.15) is 0 Å². The summed E-state index contributed by atoms with van der Waals surface area (Å²) in [5, 5.41) is 2.85. The van der Waals surface area contributed by atoms with Crippen molar-refractivity contribution >= 4 is 33.7 Å². The number of rotatable bonds is 5. The van der Waals surface area contributed by atoms with Crippen LogP contribution in [0.25, 0.3) is 0 Å². The van der Waals surface area contributed by atoms with Gasteiger partial charge in [0, 0.05) is 35.6 Å². The van der Waals surface area contributed by atoms with Crippen LogP contribution in [-0.4, -0.2) is 48.9 Å². The first-order chi connectivity index (χ1) is 10.9. The van der Waals surface area contributed by atoms with E-state index in [0.29, 0.717) is 28.6 Å². The summed E-state index contributed by atoms with van der Waals surface area (Å²) in [5.74, 6) is -0.673. The van der Waals surface area contributed by atoms with Gasteiger partial charge in [0.05, 0.1) is 12.7 Å². The summed E-state index contributed by atoms with van der Waals surface area (Å²) in [6.45, 7) is 3.08. The molecule has 1 aliphatic heterocycles. The van der Waals surface area contributed by atoms with Gasteiger partial charge in [-0.25, -0.2) is 4.79 Å². The van der Waals surface area contributed by atoms with Gasteiger partial charge in [-0.1, -0.05) is 15.9 Å². The largest absolute Gasteiger partial charge is 0.465 e. The lowest BCUT2D eigenvalue weighted by Crippen LogP contribution is -2.42. The summed E-state index contributed by atoms with van der Waals surface area (Å²) >= 11 is 3.28. The first kappa shape index (κ1) is 17.5. The Morgan fingerprint density at radius 1 is 1.35 bits per heavy atom. The number of nitrogens with zero attached hydrogens (tertiary/aromatic N) is 1. The zero-order valence-electron chi connectivity index (χ0n) is 13.1. The molecule has 0 aliphatic carbocycles. The van der Waals surface area contributed by atoms with Crippen LogP contribution in [0.1, 0.15) is 40.5 Å². The van der Waals surface area contributed by atoms with Crippen molar-refractivity contribution in [3.8, 4) is 0 Å². The van der Waals surface area contributed by atoms with E-state index < -0.39 is 5.97 Å². The molecule has 1 aromatic rings.